The van der Waals surface area contributed by atoms with Crippen LogP contribution in [0.1, 0.15) is 27.1 Å². The largest absolute Gasteiger partial charge is 0.345 e. The van der Waals surface area contributed by atoms with Gasteiger partial charge in [0.05, 0.1) is 17.2 Å². The lowest BCUT2D eigenvalue weighted by Crippen LogP contribution is -2.17. The third-order valence-electron chi connectivity index (χ3n) is 2.59. The molecule has 0 saturated carbocycles. The van der Waals surface area contributed by atoms with Crippen molar-refractivity contribution in [3.05, 3.63) is 33.3 Å². The molecule has 0 aromatic carbocycles. The fourth-order valence-electron chi connectivity index (χ4n) is 1.82. The molecule has 2 aromatic rings. The first-order chi connectivity index (χ1) is 8.04. The molecule has 0 amide bonds. The van der Waals surface area contributed by atoms with Gasteiger partial charge in [-0.05, 0) is 27.8 Å². The average molecular weight is 250 g/mol. The van der Waals surface area contributed by atoms with Crippen LogP contribution in [0.4, 0.5) is 0 Å². The van der Waals surface area contributed by atoms with Crippen molar-refractivity contribution < 1.29 is 0 Å². The topological polar surface area (TPSA) is 44.8 Å². The van der Waals surface area contributed by atoms with Crippen molar-refractivity contribution in [2.24, 2.45) is 0 Å². The Hall–Kier alpha value is -1.20. The van der Waals surface area contributed by atoms with E-state index in [0.717, 1.165) is 35.3 Å². The summed E-state index contributed by atoms with van der Waals surface area (Å²) in [6, 6.07) is 0. The number of thiazole rings is 1. The van der Waals surface area contributed by atoms with E-state index in [4.69, 9.17) is 0 Å². The summed E-state index contributed by atoms with van der Waals surface area (Å²) in [5.74, 6) is 1.02. The Balaban J connectivity index is 1.97. The van der Waals surface area contributed by atoms with Crippen LogP contribution in [0.5, 0.6) is 0 Å². The second-order valence-corrected chi connectivity index (χ2v) is 5.71. The number of imidazole rings is 1. The monoisotopic (exact) mass is 250 g/mol. The first-order valence-electron chi connectivity index (χ1n) is 5.66. The molecule has 0 aliphatic heterocycles. The van der Waals surface area contributed by atoms with Crippen LogP contribution in [0.2, 0.25) is 0 Å². The van der Waals surface area contributed by atoms with Crippen molar-refractivity contribution >= 4 is 11.3 Å². The van der Waals surface area contributed by atoms with Crippen molar-refractivity contribution in [3.63, 3.8) is 0 Å². The minimum absolute atomic E-state index is 0.838. The molecule has 1 N–H and O–H groups in total. The molecule has 0 bridgehead atoms. The van der Waals surface area contributed by atoms with Crippen molar-refractivity contribution in [1.82, 2.24) is 19.9 Å². The van der Waals surface area contributed by atoms with Crippen LogP contribution in [-0.4, -0.2) is 26.9 Å². The van der Waals surface area contributed by atoms with Crippen LogP contribution in [-0.2, 0) is 13.1 Å². The highest BCUT2D eigenvalue weighted by molar-refractivity contribution is 7.11. The molecule has 0 saturated heterocycles. The summed E-state index contributed by atoms with van der Waals surface area (Å²) in [6.45, 7) is 7.91. The summed E-state index contributed by atoms with van der Waals surface area (Å²) in [6.07, 6.45) is 1.87. The minimum Gasteiger partial charge on any atom is -0.345 e. The number of rotatable bonds is 4. The first kappa shape index (κ1) is 12.3. The number of nitrogens with one attached hydrogen (secondary N) is 1. The van der Waals surface area contributed by atoms with Gasteiger partial charge in [-0.1, -0.05) is 0 Å². The molecule has 0 aliphatic rings. The van der Waals surface area contributed by atoms with Gasteiger partial charge >= 0.3 is 0 Å². The number of aromatic amines is 1. The smallest absolute Gasteiger partial charge is 0.120 e. The first-order valence-corrected chi connectivity index (χ1v) is 6.48. The molecular formula is C12H18N4S. The maximum Gasteiger partial charge on any atom is 0.120 e. The number of nitrogens with zero attached hydrogens (tertiary/aromatic N) is 3. The Labute approximate surface area is 106 Å². The molecule has 0 spiro atoms. The van der Waals surface area contributed by atoms with E-state index in [-0.39, 0.29) is 0 Å². The number of H-pyrrole nitrogens is 1. The van der Waals surface area contributed by atoms with E-state index in [0.29, 0.717) is 0 Å². The number of aromatic nitrogens is 3. The van der Waals surface area contributed by atoms with E-state index >= 15 is 0 Å². The second kappa shape index (κ2) is 4.98. The molecule has 5 heteroatoms. The minimum atomic E-state index is 0.838. The molecule has 0 radical (unpaired) electrons. The highest BCUT2D eigenvalue weighted by atomic mass is 32.1. The predicted molar refractivity (Wildman–Crippen MR) is 70.1 cm³/mol. The molecule has 0 atom stereocenters. The number of aryl methyl sites for hydroxylation is 3. The normalized spacial score (nSPS) is 11.4. The van der Waals surface area contributed by atoms with Gasteiger partial charge < -0.3 is 4.98 Å². The van der Waals surface area contributed by atoms with Gasteiger partial charge in [-0.3, -0.25) is 4.90 Å². The van der Waals surface area contributed by atoms with E-state index in [9.17, 15) is 0 Å². The number of hydrogen-bond acceptors (Lipinski definition) is 4. The van der Waals surface area contributed by atoms with Crippen LogP contribution < -0.4 is 0 Å². The van der Waals surface area contributed by atoms with Crippen molar-refractivity contribution in [2.75, 3.05) is 7.05 Å². The van der Waals surface area contributed by atoms with Gasteiger partial charge in [0.1, 0.15) is 5.82 Å². The maximum atomic E-state index is 4.44. The van der Waals surface area contributed by atoms with Crippen LogP contribution in [0.15, 0.2) is 6.20 Å². The summed E-state index contributed by atoms with van der Waals surface area (Å²) in [7, 11) is 2.10. The zero-order valence-corrected chi connectivity index (χ0v) is 11.6. The lowest BCUT2D eigenvalue weighted by Gasteiger charge is -2.14. The standard InChI is InChI=1S/C12H18N4S/c1-8-5-13-12(14-8)7-16(4)6-11-9(2)15-10(3)17-11/h5H,6-7H2,1-4H3,(H,13,14). The lowest BCUT2D eigenvalue weighted by molar-refractivity contribution is 0.313. The third-order valence-corrected chi connectivity index (χ3v) is 3.65. The Morgan fingerprint density at radius 3 is 2.59 bits per heavy atom. The van der Waals surface area contributed by atoms with Crippen LogP contribution in [0, 0.1) is 20.8 Å². The van der Waals surface area contributed by atoms with E-state index in [1.54, 1.807) is 11.3 Å². The van der Waals surface area contributed by atoms with Gasteiger partial charge in [0.15, 0.2) is 0 Å². The summed E-state index contributed by atoms with van der Waals surface area (Å²) >= 11 is 1.78. The summed E-state index contributed by atoms with van der Waals surface area (Å²) in [5, 5.41) is 1.14. The predicted octanol–water partition coefficient (Wildman–Crippen LogP) is 2.42. The molecule has 4 nitrogen and oxygen atoms in total. The van der Waals surface area contributed by atoms with E-state index in [1.165, 1.54) is 4.88 Å². The van der Waals surface area contributed by atoms with Gasteiger partial charge in [-0.15, -0.1) is 11.3 Å². The fourth-order valence-corrected chi connectivity index (χ4v) is 2.84. The van der Waals surface area contributed by atoms with Crippen LogP contribution in [0.3, 0.4) is 0 Å². The summed E-state index contributed by atoms with van der Waals surface area (Å²) in [5.41, 5.74) is 2.26. The molecule has 2 rings (SSSR count). The van der Waals surface area contributed by atoms with Gasteiger partial charge in [0.2, 0.25) is 0 Å². The van der Waals surface area contributed by atoms with Crippen molar-refractivity contribution in [2.45, 2.75) is 33.9 Å². The van der Waals surface area contributed by atoms with Gasteiger partial charge in [-0.2, -0.15) is 0 Å². The number of hydrogen-bond donors (Lipinski definition) is 1. The van der Waals surface area contributed by atoms with E-state index < -0.39 is 0 Å². The SMILES string of the molecule is Cc1cnc(CN(C)Cc2sc(C)nc2C)[nH]1. The van der Waals surface area contributed by atoms with Crippen LogP contribution >= 0.6 is 11.3 Å². The average Bonchev–Trinajstić information content (AvgIpc) is 2.74. The maximum absolute atomic E-state index is 4.44. The highest BCUT2D eigenvalue weighted by Gasteiger charge is 2.09. The second-order valence-electron chi connectivity index (χ2n) is 4.43. The van der Waals surface area contributed by atoms with E-state index in [1.807, 2.05) is 13.1 Å². The Bertz CT molecular complexity index is 500. The highest BCUT2D eigenvalue weighted by Crippen LogP contribution is 2.19. The molecular weight excluding hydrogens is 232 g/mol. The molecule has 0 unspecified atom stereocenters. The zero-order chi connectivity index (χ0) is 12.4. The van der Waals surface area contributed by atoms with Gasteiger partial charge in [-0.25, -0.2) is 9.97 Å². The van der Waals surface area contributed by atoms with Gasteiger partial charge in [0.25, 0.3) is 0 Å². The molecule has 2 aromatic heterocycles. The molecule has 0 fully saturated rings. The summed E-state index contributed by atoms with van der Waals surface area (Å²) < 4.78 is 0. The fraction of sp³-hybridized carbons (Fsp3) is 0.500. The van der Waals surface area contributed by atoms with Crippen molar-refractivity contribution in [1.29, 1.82) is 0 Å². The zero-order valence-electron chi connectivity index (χ0n) is 10.7. The van der Waals surface area contributed by atoms with Crippen molar-refractivity contribution in [3.8, 4) is 0 Å². The molecule has 0 aliphatic carbocycles. The van der Waals surface area contributed by atoms with Gasteiger partial charge in [0, 0.05) is 23.3 Å². The third kappa shape index (κ3) is 3.14. The Morgan fingerprint density at radius 2 is 2.06 bits per heavy atom. The van der Waals surface area contributed by atoms with E-state index in [2.05, 4.69) is 40.7 Å². The molecule has 92 valence electrons. The lowest BCUT2D eigenvalue weighted by atomic mass is 10.3. The summed E-state index contributed by atoms with van der Waals surface area (Å²) in [4.78, 5) is 15.6. The molecule has 2 heterocycles. The Kier molecular flexibility index (Phi) is 3.59. The van der Waals surface area contributed by atoms with Crippen LogP contribution in [0.25, 0.3) is 0 Å². The molecule has 17 heavy (non-hydrogen) atoms. The Morgan fingerprint density at radius 1 is 1.29 bits per heavy atom. The quantitative estimate of drug-likeness (QED) is 0.906.